The fourth-order valence-electron chi connectivity index (χ4n) is 2.78. The van der Waals surface area contributed by atoms with Gasteiger partial charge in [-0.25, -0.2) is 4.98 Å². The average Bonchev–Trinajstić information content (AvgIpc) is 3.19. The summed E-state index contributed by atoms with van der Waals surface area (Å²) in [5.74, 6) is -0.549. The van der Waals surface area contributed by atoms with Crippen LogP contribution in [-0.4, -0.2) is 42.6 Å². The van der Waals surface area contributed by atoms with E-state index in [1.54, 1.807) is 24.3 Å². The van der Waals surface area contributed by atoms with Crippen LogP contribution < -0.4 is 10.2 Å². The molecule has 0 saturated carbocycles. The summed E-state index contributed by atoms with van der Waals surface area (Å²) in [6, 6.07) is 12.2. The number of hydrogen-bond acceptors (Lipinski definition) is 4. The van der Waals surface area contributed by atoms with Gasteiger partial charge in [0, 0.05) is 25.0 Å². The van der Waals surface area contributed by atoms with E-state index in [-0.39, 0.29) is 24.5 Å². The summed E-state index contributed by atoms with van der Waals surface area (Å²) in [5, 5.41) is 3.15. The van der Waals surface area contributed by atoms with Crippen LogP contribution in [0.15, 0.2) is 48.7 Å². The van der Waals surface area contributed by atoms with Crippen molar-refractivity contribution in [2.24, 2.45) is 0 Å². The Morgan fingerprint density at radius 2 is 2.04 bits per heavy atom. The van der Waals surface area contributed by atoms with Gasteiger partial charge in [-0.3, -0.25) is 14.5 Å². The molecule has 136 valence electrons. The van der Waals surface area contributed by atoms with Crippen molar-refractivity contribution in [1.82, 2.24) is 10.3 Å². The lowest BCUT2D eigenvalue weighted by molar-refractivity contribution is -0.120. The first kappa shape index (κ1) is 18.4. The van der Waals surface area contributed by atoms with Crippen molar-refractivity contribution in [2.45, 2.75) is 18.9 Å². The summed E-state index contributed by atoms with van der Waals surface area (Å²) in [4.78, 5) is 30.6. The predicted molar refractivity (Wildman–Crippen MR) is 99.3 cm³/mol. The maximum atomic E-state index is 12.9. The molecular weight excluding hydrogens is 354 g/mol. The maximum Gasteiger partial charge on any atom is 0.260 e. The summed E-state index contributed by atoms with van der Waals surface area (Å²) >= 11 is 5.79. The first-order chi connectivity index (χ1) is 12.6. The highest BCUT2D eigenvalue weighted by Gasteiger charge is 2.22. The molecule has 0 radical (unpaired) electrons. The fraction of sp³-hybridized carbons (Fsp3) is 0.316. The normalized spacial score (nSPS) is 16.3. The Labute approximate surface area is 157 Å². The van der Waals surface area contributed by atoms with Crippen molar-refractivity contribution in [3.8, 4) is 0 Å². The number of pyridine rings is 1. The van der Waals surface area contributed by atoms with Crippen molar-refractivity contribution in [3.63, 3.8) is 0 Å². The molecule has 1 aliphatic heterocycles. The molecular formula is C19H20ClN3O3. The van der Waals surface area contributed by atoms with Gasteiger partial charge in [-0.1, -0.05) is 29.8 Å². The largest absolute Gasteiger partial charge is 0.376 e. The summed E-state index contributed by atoms with van der Waals surface area (Å²) in [6.45, 7) is 1.11. The Kier molecular flexibility index (Phi) is 6.20. The van der Waals surface area contributed by atoms with Crippen LogP contribution in [-0.2, 0) is 9.53 Å². The number of hydrogen-bond donors (Lipinski definition) is 1. The van der Waals surface area contributed by atoms with E-state index in [2.05, 4.69) is 10.3 Å². The number of benzene rings is 1. The minimum absolute atomic E-state index is 0.0558. The summed E-state index contributed by atoms with van der Waals surface area (Å²) in [6.07, 6.45) is 3.42. The number of nitrogens with one attached hydrogen (secondary N) is 1. The van der Waals surface area contributed by atoms with Crippen molar-refractivity contribution in [3.05, 3.63) is 59.4 Å². The summed E-state index contributed by atoms with van der Waals surface area (Å²) in [5.41, 5.74) is 1.00. The second-order valence-corrected chi connectivity index (χ2v) is 6.42. The molecule has 2 amide bonds. The van der Waals surface area contributed by atoms with Crippen LogP contribution in [0.5, 0.6) is 0 Å². The van der Waals surface area contributed by atoms with Crippen LogP contribution in [0.2, 0.25) is 5.15 Å². The third kappa shape index (κ3) is 4.80. The molecule has 1 atom stereocenters. The Hall–Kier alpha value is -2.44. The smallest absolute Gasteiger partial charge is 0.260 e. The quantitative estimate of drug-likeness (QED) is 0.790. The number of carbonyl (C=O) groups excluding carboxylic acids is 2. The van der Waals surface area contributed by atoms with Gasteiger partial charge in [0.1, 0.15) is 11.7 Å². The van der Waals surface area contributed by atoms with Gasteiger partial charge in [-0.05, 0) is 37.1 Å². The van der Waals surface area contributed by atoms with Crippen molar-refractivity contribution in [2.75, 3.05) is 24.6 Å². The molecule has 1 N–H and O–H groups in total. The third-order valence-electron chi connectivity index (χ3n) is 4.14. The number of nitrogens with zero attached hydrogens (tertiary/aromatic N) is 2. The number of carbonyl (C=O) groups is 2. The molecule has 1 aromatic carbocycles. The zero-order valence-electron chi connectivity index (χ0n) is 14.2. The van der Waals surface area contributed by atoms with Gasteiger partial charge in [-0.15, -0.1) is 0 Å². The molecule has 7 heteroatoms. The molecule has 0 unspecified atom stereocenters. The van der Waals surface area contributed by atoms with Gasteiger partial charge >= 0.3 is 0 Å². The molecule has 3 rings (SSSR count). The van der Waals surface area contributed by atoms with Crippen LogP contribution in [0.3, 0.4) is 0 Å². The van der Waals surface area contributed by atoms with E-state index in [0.29, 0.717) is 22.9 Å². The molecule has 0 aliphatic carbocycles. The third-order valence-corrected chi connectivity index (χ3v) is 4.36. The van der Waals surface area contributed by atoms with Crippen LogP contribution in [0.1, 0.15) is 23.2 Å². The Balaban J connectivity index is 1.71. The SMILES string of the molecule is O=C(CN(C(=O)c1ccc(Cl)nc1)c1ccccc1)NC[C@H]1CCCO1. The van der Waals surface area contributed by atoms with E-state index in [1.807, 2.05) is 18.2 Å². The minimum Gasteiger partial charge on any atom is -0.376 e. The fourth-order valence-corrected chi connectivity index (χ4v) is 2.89. The number of aromatic nitrogens is 1. The second kappa shape index (κ2) is 8.78. The van der Waals surface area contributed by atoms with Crippen LogP contribution >= 0.6 is 11.6 Å². The van der Waals surface area contributed by atoms with E-state index in [1.165, 1.54) is 11.1 Å². The zero-order chi connectivity index (χ0) is 18.4. The number of anilines is 1. The van der Waals surface area contributed by atoms with Gasteiger partial charge in [0.05, 0.1) is 11.7 Å². The first-order valence-electron chi connectivity index (χ1n) is 8.50. The highest BCUT2D eigenvalue weighted by molar-refractivity contribution is 6.29. The highest BCUT2D eigenvalue weighted by atomic mass is 35.5. The molecule has 2 aromatic rings. The van der Waals surface area contributed by atoms with Crippen LogP contribution in [0.25, 0.3) is 0 Å². The number of para-hydroxylation sites is 1. The molecule has 1 aliphatic rings. The zero-order valence-corrected chi connectivity index (χ0v) is 15.0. The van der Waals surface area contributed by atoms with E-state index in [4.69, 9.17) is 16.3 Å². The number of halogens is 1. The monoisotopic (exact) mass is 373 g/mol. The Morgan fingerprint density at radius 1 is 1.23 bits per heavy atom. The topological polar surface area (TPSA) is 71.5 Å². The highest BCUT2D eigenvalue weighted by Crippen LogP contribution is 2.17. The Morgan fingerprint density at radius 3 is 2.69 bits per heavy atom. The molecule has 26 heavy (non-hydrogen) atoms. The van der Waals surface area contributed by atoms with E-state index >= 15 is 0 Å². The summed E-state index contributed by atoms with van der Waals surface area (Å²) in [7, 11) is 0. The lowest BCUT2D eigenvalue weighted by Crippen LogP contribution is -2.43. The van der Waals surface area contributed by atoms with Crippen LogP contribution in [0.4, 0.5) is 5.69 Å². The van der Waals surface area contributed by atoms with E-state index in [9.17, 15) is 9.59 Å². The lowest BCUT2D eigenvalue weighted by atomic mass is 10.2. The van der Waals surface area contributed by atoms with E-state index in [0.717, 1.165) is 19.4 Å². The van der Waals surface area contributed by atoms with Crippen molar-refractivity contribution >= 4 is 29.1 Å². The summed E-state index contributed by atoms with van der Waals surface area (Å²) < 4.78 is 5.50. The molecule has 6 nitrogen and oxygen atoms in total. The second-order valence-electron chi connectivity index (χ2n) is 6.04. The lowest BCUT2D eigenvalue weighted by Gasteiger charge is -2.23. The maximum absolute atomic E-state index is 12.9. The van der Waals surface area contributed by atoms with Gasteiger partial charge < -0.3 is 10.1 Å². The number of rotatable bonds is 6. The van der Waals surface area contributed by atoms with Crippen LogP contribution in [0, 0.1) is 0 Å². The molecule has 2 heterocycles. The van der Waals surface area contributed by atoms with Gasteiger partial charge in [0.25, 0.3) is 5.91 Å². The standard InChI is InChI=1S/C19H20ClN3O3/c20-17-9-8-14(11-21-17)19(25)23(15-5-2-1-3-6-15)13-18(24)22-12-16-7-4-10-26-16/h1-3,5-6,8-9,11,16H,4,7,10,12-13H2,(H,22,24)/t16-/m1/s1. The molecule has 1 saturated heterocycles. The van der Waals surface area contributed by atoms with Gasteiger partial charge in [0.15, 0.2) is 0 Å². The number of ether oxygens (including phenoxy) is 1. The Bertz CT molecular complexity index is 746. The van der Waals surface area contributed by atoms with E-state index < -0.39 is 0 Å². The molecule has 1 aromatic heterocycles. The minimum atomic E-state index is -0.312. The molecule has 0 bridgehead atoms. The van der Waals surface area contributed by atoms with Crippen molar-refractivity contribution in [1.29, 1.82) is 0 Å². The number of amides is 2. The molecule has 0 spiro atoms. The van der Waals surface area contributed by atoms with Gasteiger partial charge in [-0.2, -0.15) is 0 Å². The van der Waals surface area contributed by atoms with Crippen molar-refractivity contribution < 1.29 is 14.3 Å². The molecule has 1 fully saturated rings. The first-order valence-corrected chi connectivity index (χ1v) is 8.88. The van der Waals surface area contributed by atoms with Gasteiger partial charge in [0.2, 0.25) is 5.91 Å². The average molecular weight is 374 g/mol. The predicted octanol–water partition coefficient (Wildman–Crippen LogP) is 2.68.